The number of furan rings is 1. The normalized spacial score (nSPS) is 16.7. The van der Waals surface area contributed by atoms with Crippen LogP contribution in [0.3, 0.4) is 0 Å². The van der Waals surface area contributed by atoms with E-state index in [0.29, 0.717) is 31.1 Å². The first kappa shape index (κ1) is 17.1. The lowest BCUT2D eigenvalue weighted by Crippen LogP contribution is -2.27. The van der Waals surface area contributed by atoms with E-state index in [2.05, 4.69) is 10.4 Å². The van der Waals surface area contributed by atoms with Crippen LogP contribution in [0.4, 0.5) is 5.69 Å². The van der Waals surface area contributed by atoms with Crippen molar-refractivity contribution in [2.24, 2.45) is 5.92 Å². The molecule has 7 heteroatoms. The van der Waals surface area contributed by atoms with Crippen LogP contribution in [0, 0.1) is 5.92 Å². The van der Waals surface area contributed by atoms with Crippen molar-refractivity contribution >= 4 is 17.5 Å². The first-order chi connectivity index (χ1) is 13.2. The molecule has 1 saturated heterocycles. The molecule has 0 spiro atoms. The summed E-state index contributed by atoms with van der Waals surface area (Å²) in [5.74, 6) is 0.146. The minimum atomic E-state index is -0.370. The van der Waals surface area contributed by atoms with E-state index >= 15 is 0 Å². The molecule has 0 aliphatic carbocycles. The Bertz CT molecular complexity index is 918. The van der Waals surface area contributed by atoms with E-state index < -0.39 is 0 Å². The number of amides is 2. The summed E-state index contributed by atoms with van der Waals surface area (Å²) >= 11 is 0. The van der Waals surface area contributed by atoms with Crippen LogP contribution in [0.25, 0.3) is 0 Å². The van der Waals surface area contributed by atoms with Crippen molar-refractivity contribution in [3.63, 3.8) is 0 Å². The molecule has 1 atom stereocenters. The van der Waals surface area contributed by atoms with Crippen molar-refractivity contribution in [3.8, 4) is 0 Å². The number of hydrogen-bond donors (Lipinski definition) is 1. The van der Waals surface area contributed by atoms with E-state index in [1.165, 1.54) is 0 Å². The van der Waals surface area contributed by atoms with Crippen molar-refractivity contribution in [3.05, 3.63) is 72.4 Å². The fourth-order valence-electron chi connectivity index (χ4n) is 3.22. The molecule has 4 rings (SSSR count). The van der Waals surface area contributed by atoms with Crippen LogP contribution in [0.5, 0.6) is 0 Å². The van der Waals surface area contributed by atoms with Gasteiger partial charge in [-0.2, -0.15) is 5.10 Å². The van der Waals surface area contributed by atoms with Crippen LogP contribution in [0.15, 0.2) is 65.5 Å². The Labute approximate surface area is 156 Å². The van der Waals surface area contributed by atoms with Crippen LogP contribution >= 0.6 is 0 Å². The third kappa shape index (κ3) is 4.08. The molecule has 7 nitrogen and oxygen atoms in total. The van der Waals surface area contributed by atoms with E-state index in [0.717, 1.165) is 5.56 Å². The summed E-state index contributed by atoms with van der Waals surface area (Å²) in [5, 5.41) is 7.15. The van der Waals surface area contributed by atoms with Gasteiger partial charge in [0, 0.05) is 19.2 Å². The number of rotatable bonds is 6. The quantitative estimate of drug-likeness (QED) is 0.729. The molecule has 1 unspecified atom stereocenters. The van der Waals surface area contributed by atoms with E-state index in [1.54, 1.807) is 34.3 Å². The third-order valence-corrected chi connectivity index (χ3v) is 4.60. The van der Waals surface area contributed by atoms with Gasteiger partial charge in [-0.3, -0.25) is 14.3 Å². The molecule has 27 heavy (non-hydrogen) atoms. The van der Waals surface area contributed by atoms with Crippen LogP contribution in [-0.4, -0.2) is 33.0 Å². The topological polar surface area (TPSA) is 80.4 Å². The summed E-state index contributed by atoms with van der Waals surface area (Å²) in [7, 11) is 0. The standard InChI is InChI=1S/C20H20N4O3/c25-19-9-16(12-23(19)14-18-7-4-8-27-18)20(26)22-17-10-21-24(13-17)11-15-5-2-1-3-6-15/h1-8,10,13,16H,9,11-12,14H2,(H,22,26). The Kier molecular flexibility index (Phi) is 4.74. The van der Waals surface area contributed by atoms with Crippen molar-refractivity contribution in [1.29, 1.82) is 0 Å². The number of likely N-dealkylation sites (tertiary alicyclic amines) is 1. The molecule has 3 aromatic rings. The second kappa shape index (κ2) is 7.49. The van der Waals surface area contributed by atoms with Gasteiger partial charge in [0.2, 0.25) is 11.8 Å². The Balaban J connectivity index is 1.33. The molecule has 0 bridgehead atoms. The zero-order chi connectivity index (χ0) is 18.6. The highest BCUT2D eigenvalue weighted by Gasteiger charge is 2.34. The molecule has 138 valence electrons. The number of hydrogen-bond acceptors (Lipinski definition) is 4. The van der Waals surface area contributed by atoms with Gasteiger partial charge in [-0.25, -0.2) is 0 Å². The van der Waals surface area contributed by atoms with E-state index in [1.807, 2.05) is 36.4 Å². The average Bonchev–Trinajstić information content (AvgIpc) is 3.40. The average molecular weight is 364 g/mol. The van der Waals surface area contributed by atoms with Crippen LogP contribution < -0.4 is 5.32 Å². The van der Waals surface area contributed by atoms with Gasteiger partial charge in [0.25, 0.3) is 0 Å². The Morgan fingerprint density at radius 2 is 2.04 bits per heavy atom. The van der Waals surface area contributed by atoms with E-state index in [-0.39, 0.29) is 24.2 Å². The monoisotopic (exact) mass is 364 g/mol. The molecule has 1 fully saturated rings. The number of nitrogens with zero attached hydrogens (tertiary/aromatic N) is 3. The van der Waals surface area contributed by atoms with Crippen LogP contribution in [0.2, 0.25) is 0 Å². The van der Waals surface area contributed by atoms with E-state index in [9.17, 15) is 9.59 Å². The maximum atomic E-state index is 12.5. The molecule has 1 aromatic carbocycles. The summed E-state index contributed by atoms with van der Waals surface area (Å²) in [5.41, 5.74) is 1.77. The van der Waals surface area contributed by atoms with Crippen LogP contribution in [-0.2, 0) is 22.7 Å². The van der Waals surface area contributed by atoms with Crippen molar-refractivity contribution < 1.29 is 14.0 Å². The summed E-state index contributed by atoms with van der Waals surface area (Å²) in [6.45, 7) is 1.42. The van der Waals surface area contributed by atoms with Gasteiger partial charge in [-0.05, 0) is 17.7 Å². The molecule has 1 aliphatic rings. The predicted molar refractivity (Wildman–Crippen MR) is 98.6 cm³/mol. The maximum absolute atomic E-state index is 12.5. The summed E-state index contributed by atoms with van der Waals surface area (Å²) in [6, 6.07) is 13.6. The highest BCUT2D eigenvalue weighted by atomic mass is 16.3. The van der Waals surface area contributed by atoms with Gasteiger partial charge >= 0.3 is 0 Å². The molecule has 1 aliphatic heterocycles. The molecule has 1 N–H and O–H groups in total. The molecule has 3 heterocycles. The molecule has 0 saturated carbocycles. The largest absolute Gasteiger partial charge is 0.467 e. The van der Waals surface area contributed by atoms with Gasteiger partial charge in [0.05, 0.1) is 37.2 Å². The summed E-state index contributed by atoms with van der Waals surface area (Å²) < 4.78 is 7.05. The van der Waals surface area contributed by atoms with Crippen molar-refractivity contribution in [1.82, 2.24) is 14.7 Å². The van der Waals surface area contributed by atoms with Crippen molar-refractivity contribution in [2.45, 2.75) is 19.5 Å². The van der Waals surface area contributed by atoms with Crippen molar-refractivity contribution in [2.75, 3.05) is 11.9 Å². The molecule has 2 aromatic heterocycles. The number of anilines is 1. The van der Waals surface area contributed by atoms with Gasteiger partial charge in [0.15, 0.2) is 0 Å². The lowest BCUT2D eigenvalue weighted by atomic mass is 10.1. The summed E-state index contributed by atoms with van der Waals surface area (Å²) in [4.78, 5) is 26.3. The SMILES string of the molecule is O=C(Nc1cnn(Cc2ccccc2)c1)C1CC(=O)N(Cc2ccco2)C1. The first-order valence-electron chi connectivity index (χ1n) is 8.85. The smallest absolute Gasteiger partial charge is 0.229 e. The fourth-order valence-corrected chi connectivity index (χ4v) is 3.22. The van der Waals surface area contributed by atoms with E-state index in [4.69, 9.17) is 4.42 Å². The van der Waals surface area contributed by atoms with Gasteiger partial charge in [-0.1, -0.05) is 30.3 Å². The molecule has 0 radical (unpaired) electrons. The molecular weight excluding hydrogens is 344 g/mol. The lowest BCUT2D eigenvalue weighted by Gasteiger charge is -2.14. The van der Waals surface area contributed by atoms with Gasteiger partial charge < -0.3 is 14.6 Å². The Morgan fingerprint density at radius 3 is 2.81 bits per heavy atom. The number of benzene rings is 1. The zero-order valence-electron chi connectivity index (χ0n) is 14.7. The highest BCUT2D eigenvalue weighted by molar-refractivity contribution is 5.97. The minimum Gasteiger partial charge on any atom is -0.467 e. The highest BCUT2D eigenvalue weighted by Crippen LogP contribution is 2.22. The Morgan fingerprint density at radius 1 is 1.19 bits per heavy atom. The summed E-state index contributed by atoms with van der Waals surface area (Å²) in [6.07, 6.45) is 5.21. The molecule has 2 amide bonds. The lowest BCUT2D eigenvalue weighted by molar-refractivity contribution is -0.128. The van der Waals surface area contributed by atoms with Crippen LogP contribution in [0.1, 0.15) is 17.7 Å². The number of nitrogens with one attached hydrogen (secondary N) is 1. The fraction of sp³-hybridized carbons (Fsp3) is 0.250. The number of carbonyl (C=O) groups is 2. The maximum Gasteiger partial charge on any atom is 0.229 e. The minimum absolute atomic E-state index is 0.0358. The van der Waals surface area contributed by atoms with Gasteiger partial charge in [-0.15, -0.1) is 0 Å². The third-order valence-electron chi connectivity index (χ3n) is 4.60. The second-order valence-corrected chi connectivity index (χ2v) is 6.66. The predicted octanol–water partition coefficient (Wildman–Crippen LogP) is 2.51. The number of aromatic nitrogens is 2. The first-order valence-corrected chi connectivity index (χ1v) is 8.85. The zero-order valence-corrected chi connectivity index (χ0v) is 14.7. The molecular formula is C20H20N4O3. The Hall–Kier alpha value is -3.35. The second-order valence-electron chi connectivity index (χ2n) is 6.66. The van der Waals surface area contributed by atoms with Gasteiger partial charge in [0.1, 0.15) is 5.76 Å². The number of carbonyl (C=O) groups excluding carboxylic acids is 2.